The van der Waals surface area contributed by atoms with Gasteiger partial charge >= 0.3 is 0 Å². The molecule has 7 nitrogen and oxygen atoms in total. The third-order valence-electron chi connectivity index (χ3n) is 4.23. The molecule has 2 fully saturated rings. The molecule has 0 aliphatic carbocycles. The lowest BCUT2D eigenvalue weighted by molar-refractivity contribution is -0.187. The third-order valence-corrected chi connectivity index (χ3v) is 5.48. The van der Waals surface area contributed by atoms with Crippen molar-refractivity contribution in [1.82, 2.24) is 9.21 Å². The summed E-state index contributed by atoms with van der Waals surface area (Å²) in [5.41, 5.74) is 0. The van der Waals surface area contributed by atoms with E-state index in [1.165, 1.54) is 4.31 Å². The summed E-state index contributed by atoms with van der Waals surface area (Å²) < 4.78 is 36.1. The number of hydrogen-bond donors (Lipinski definition) is 0. The SMILES string of the molecule is CCCCN(CC(=O)N1CCC2(CC1)OCCO2)S(C)(=O)=O. The average molecular weight is 334 g/mol. The standard InChI is InChI=1S/C14H26N2O5S/c1-3-4-7-16(22(2,18)19)12-13(17)15-8-5-14(6-9-15)20-10-11-21-14/h3-12H2,1-2H3. The molecule has 2 aliphatic heterocycles. The monoisotopic (exact) mass is 334 g/mol. The summed E-state index contributed by atoms with van der Waals surface area (Å²) >= 11 is 0. The van der Waals surface area contributed by atoms with E-state index in [1.807, 2.05) is 6.92 Å². The minimum Gasteiger partial charge on any atom is -0.347 e. The number of sulfonamides is 1. The predicted octanol–water partition coefficient (Wildman–Crippen LogP) is 0.414. The maximum Gasteiger partial charge on any atom is 0.237 e. The number of hydrogen-bond acceptors (Lipinski definition) is 5. The second-order valence-corrected chi connectivity index (χ2v) is 7.92. The van der Waals surface area contributed by atoms with Gasteiger partial charge in [-0.2, -0.15) is 4.31 Å². The molecule has 0 aromatic rings. The number of ether oxygens (including phenoxy) is 2. The smallest absolute Gasteiger partial charge is 0.237 e. The van der Waals surface area contributed by atoms with Crippen molar-refractivity contribution in [3.05, 3.63) is 0 Å². The Labute approximate surface area is 132 Å². The van der Waals surface area contributed by atoms with Gasteiger partial charge in [-0.1, -0.05) is 13.3 Å². The molecule has 8 heteroatoms. The molecular formula is C14H26N2O5S. The van der Waals surface area contributed by atoms with Crippen LogP contribution in [-0.4, -0.2) is 75.0 Å². The van der Waals surface area contributed by atoms with Crippen LogP contribution < -0.4 is 0 Å². The van der Waals surface area contributed by atoms with E-state index in [1.54, 1.807) is 4.90 Å². The van der Waals surface area contributed by atoms with Crippen LogP contribution in [0.2, 0.25) is 0 Å². The number of carbonyl (C=O) groups is 1. The van der Waals surface area contributed by atoms with E-state index in [0.717, 1.165) is 19.1 Å². The lowest BCUT2D eigenvalue weighted by atomic mass is 10.0. The fraction of sp³-hybridized carbons (Fsp3) is 0.929. The van der Waals surface area contributed by atoms with E-state index in [4.69, 9.17) is 9.47 Å². The first kappa shape index (κ1) is 17.7. The van der Waals surface area contributed by atoms with Crippen LogP contribution in [0.4, 0.5) is 0 Å². The number of unbranched alkanes of at least 4 members (excludes halogenated alkanes) is 1. The highest BCUT2D eigenvalue weighted by Crippen LogP contribution is 2.31. The number of carbonyl (C=O) groups excluding carboxylic acids is 1. The predicted molar refractivity (Wildman–Crippen MR) is 81.8 cm³/mol. The van der Waals surface area contributed by atoms with Gasteiger partial charge in [-0.3, -0.25) is 4.79 Å². The van der Waals surface area contributed by atoms with Gasteiger partial charge < -0.3 is 14.4 Å². The number of amides is 1. The molecule has 2 saturated heterocycles. The molecule has 2 aliphatic rings. The van der Waals surface area contributed by atoms with Crippen LogP contribution in [0.1, 0.15) is 32.6 Å². The Balaban J connectivity index is 1.88. The Hall–Kier alpha value is -0.700. The molecular weight excluding hydrogens is 308 g/mol. The van der Waals surface area contributed by atoms with Gasteiger partial charge in [0.15, 0.2) is 5.79 Å². The molecule has 0 N–H and O–H groups in total. The molecule has 0 aromatic heterocycles. The molecule has 0 saturated carbocycles. The number of piperidine rings is 1. The van der Waals surface area contributed by atoms with Gasteiger partial charge in [0.1, 0.15) is 0 Å². The summed E-state index contributed by atoms with van der Waals surface area (Å²) in [5, 5.41) is 0. The maximum absolute atomic E-state index is 12.4. The Morgan fingerprint density at radius 3 is 2.32 bits per heavy atom. The van der Waals surface area contributed by atoms with E-state index in [0.29, 0.717) is 45.7 Å². The number of likely N-dealkylation sites (tertiary alicyclic amines) is 1. The first-order chi connectivity index (χ1) is 10.4. The fourth-order valence-corrected chi connectivity index (χ4v) is 3.64. The van der Waals surface area contributed by atoms with Gasteiger partial charge in [-0.15, -0.1) is 0 Å². The molecule has 2 rings (SSSR count). The Kier molecular flexibility index (Phi) is 5.81. The van der Waals surface area contributed by atoms with Gasteiger partial charge in [-0.25, -0.2) is 8.42 Å². The summed E-state index contributed by atoms with van der Waals surface area (Å²) in [6.45, 7) is 4.61. The molecule has 1 amide bonds. The van der Waals surface area contributed by atoms with Crippen molar-refractivity contribution >= 4 is 15.9 Å². The summed E-state index contributed by atoms with van der Waals surface area (Å²) in [7, 11) is -3.36. The van der Waals surface area contributed by atoms with Crippen LogP contribution >= 0.6 is 0 Å². The number of nitrogens with zero attached hydrogens (tertiary/aromatic N) is 2. The molecule has 128 valence electrons. The molecule has 0 bridgehead atoms. The van der Waals surface area contributed by atoms with Gasteiger partial charge in [0.05, 0.1) is 26.0 Å². The van der Waals surface area contributed by atoms with Crippen molar-refractivity contribution in [2.24, 2.45) is 0 Å². The second-order valence-electron chi connectivity index (χ2n) is 5.94. The fourth-order valence-electron chi connectivity index (χ4n) is 2.83. The number of rotatable bonds is 6. The highest BCUT2D eigenvalue weighted by molar-refractivity contribution is 7.88. The van der Waals surface area contributed by atoms with Crippen LogP contribution in [0.5, 0.6) is 0 Å². The van der Waals surface area contributed by atoms with E-state index < -0.39 is 15.8 Å². The van der Waals surface area contributed by atoms with Crippen LogP contribution in [0.3, 0.4) is 0 Å². The highest BCUT2D eigenvalue weighted by Gasteiger charge is 2.41. The van der Waals surface area contributed by atoms with Crippen molar-refractivity contribution in [3.63, 3.8) is 0 Å². The lowest BCUT2D eigenvalue weighted by Crippen LogP contribution is -2.50. The average Bonchev–Trinajstić information content (AvgIpc) is 2.91. The zero-order valence-electron chi connectivity index (χ0n) is 13.4. The first-order valence-corrected chi connectivity index (χ1v) is 9.72. The maximum atomic E-state index is 12.4. The van der Waals surface area contributed by atoms with Gasteiger partial charge in [-0.05, 0) is 6.42 Å². The minimum absolute atomic E-state index is 0.0758. The zero-order valence-corrected chi connectivity index (χ0v) is 14.2. The lowest BCUT2D eigenvalue weighted by Gasteiger charge is -2.38. The summed E-state index contributed by atoms with van der Waals surface area (Å²) in [5.74, 6) is -0.662. The van der Waals surface area contributed by atoms with E-state index in [-0.39, 0.29) is 12.5 Å². The van der Waals surface area contributed by atoms with Crippen LogP contribution in [0.15, 0.2) is 0 Å². The quantitative estimate of drug-likeness (QED) is 0.703. The normalized spacial score (nSPS) is 21.7. The molecule has 22 heavy (non-hydrogen) atoms. The molecule has 2 heterocycles. The van der Waals surface area contributed by atoms with Gasteiger partial charge in [0.25, 0.3) is 0 Å². The van der Waals surface area contributed by atoms with Crippen LogP contribution in [0.25, 0.3) is 0 Å². The summed E-state index contributed by atoms with van der Waals surface area (Å²) in [4.78, 5) is 14.1. The first-order valence-electron chi connectivity index (χ1n) is 7.87. The van der Waals surface area contributed by atoms with Gasteiger partial charge in [0, 0.05) is 32.5 Å². The van der Waals surface area contributed by atoms with Crippen LogP contribution in [-0.2, 0) is 24.3 Å². The van der Waals surface area contributed by atoms with Crippen molar-refractivity contribution in [3.8, 4) is 0 Å². The topological polar surface area (TPSA) is 76.2 Å². The minimum atomic E-state index is -3.36. The van der Waals surface area contributed by atoms with E-state index >= 15 is 0 Å². The van der Waals surface area contributed by atoms with Crippen molar-refractivity contribution < 1.29 is 22.7 Å². The van der Waals surface area contributed by atoms with Crippen LogP contribution in [0, 0.1) is 0 Å². The third kappa shape index (κ3) is 4.41. The van der Waals surface area contributed by atoms with Crippen molar-refractivity contribution in [2.45, 2.75) is 38.4 Å². The molecule has 0 unspecified atom stereocenters. The zero-order chi connectivity index (χ0) is 16.2. The molecule has 0 atom stereocenters. The largest absolute Gasteiger partial charge is 0.347 e. The molecule has 0 radical (unpaired) electrons. The second kappa shape index (κ2) is 7.25. The van der Waals surface area contributed by atoms with Gasteiger partial charge in [0.2, 0.25) is 15.9 Å². The Morgan fingerprint density at radius 2 is 1.82 bits per heavy atom. The Bertz CT molecular complexity index is 477. The van der Waals surface area contributed by atoms with Crippen molar-refractivity contribution in [2.75, 3.05) is 45.6 Å². The molecule has 0 aromatic carbocycles. The summed E-state index contributed by atoms with van der Waals surface area (Å²) in [6.07, 6.45) is 4.09. The van der Waals surface area contributed by atoms with E-state index in [9.17, 15) is 13.2 Å². The van der Waals surface area contributed by atoms with E-state index in [2.05, 4.69) is 0 Å². The summed E-state index contributed by atoms with van der Waals surface area (Å²) in [6, 6.07) is 0. The molecule has 1 spiro atoms. The Morgan fingerprint density at radius 1 is 1.23 bits per heavy atom. The van der Waals surface area contributed by atoms with Crippen molar-refractivity contribution in [1.29, 1.82) is 0 Å². The highest BCUT2D eigenvalue weighted by atomic mass is 32.2.